The highest BCUT2D eigenvalue weighted by Gasteiger charge is 2.10. The molecule has 3 nitrogen and oxygen atoms in total. The summed E-state index contributed by atoms with van der Waals surface area (Å²) in [6.07, 6.45) is 0.618. The van der Waals surface area contributed by atoms with E-state index in [9.17, 15) is 9.18 Å². The number of rotatable bonds is 1. The van der Waals surface area contributed by atoms with Gasteiger partial charge in [-0.05, 0) is 19.1 Å². The van der Waals surface area contributed by atoms with Gasteiger partial charge in [0.05, 0.1) is 10.9 Å². The predicted octanol–water partition coefficient (Wildman–Crippen LogP) is 1.83. The normalized spacial score (nSPS) is 10.8. The maximum Gasteiger partial charge on any atom is 0.150 e. The molecule has 0 spiro atoms. The molecule has 0 unspecified atom stereocenters. The Hall–Kier alpha value is -1.71. The molecule has 0 atom stereocenters. The molecule has 72 valence electrons. The quantitative estimate of drug-likeness (QED) is 0.646. The molecular weight excluding hydrogens is 183 g/mol. The molecule has 1 aromatic carbocycles. The molecule has 0 amide bonds. The Kier molecular flexibility index (Phi) is 1.84. The van der Waals surface area contributed by atoms with Crippen molar-refractivity contribution in [3.63, 3.8) is 0 Å². The Bertz CT molecular complexity index is 516. The number of aryl methyl sites for hydroxylation is 2. The summed E-state index contributed by atoms with van der Waals surface area (Å²) in [6, 6.07) is 2.81. The Labute approximate surface area is 80.1 Å². The molecular formula is C10H9FN2O. The van der Waals surface area contributed by atoms with Crippen LogP contribution < -0.4 is 0 Å². The van der Waals surface area contributed by atoms with E-state index in [4.69, 9.17) is 0 Å². The molecule has 0 radical (unpaired) electrons. The lowest BCUT2D eigenvalue weighted by Crippen LogP contribution is -1.91. The summed E-state index contributed by atoms with van der Waals surface area (Å²) in [6.45, 7) is 1.79. The molecule has 0 saturated carbocycles. The van der Waals surface area contributed by atoms with Gasteiger partial charge in [0.2, 0.25) is 0 Å². The van der Waals surface area contributed by atoms with Crippen LogP contribution in [-0.2, 0) is 7.05 Å². The third-order valence-electron chi connectivity index (χ3n) is 2.33. The van der Waals surface area contributed by atoms with Crippen LogP contribution in [0.2, 0.25) is 0 Å². The first-order valence-corrected chi connectivity index (χ1v) is 4.21. The summed E-state index contributed by atoms with van der Waals surface area (Å²) in [4.78, 5) is 10.5. The number of halogens is 1. The van der Waals surface area contributed by atoms with Crippen LogP contribution in [-0.4, -0.2) is 16.1 Å². The highest BCUT2D eigenvalue weighted by Crippen LogP contribution is 2.21. The number of benzene rings is 1. The van der Waals surface area contributed by atoms with Gasteiger partial charge in [-0.1, -0.05) is 0 Å². The van der Waals surface area contributed by atoms with Gasteiger partial charge in [0.15, 0.2) is 0 Å². The van der Waals surface area contributed by atoms with E-state index in [2.05, 4.69) is 5.10 Å². The molecule has 14 heavy (non-hydrogen) atoms. The van der Waals surface area contributed by atoms with Crippen LogP contribution in [0.5, 0.6) is 0 Å². The largest absolute Gasteiger partial charge is 0.298 e. The molecule has 0 aliphatic heterocycles. The standard InChI is InChI=1S/C10H9FN2O/c1-6-10-8(11)3-7(5-14)4-9(10)12-13(6)2/h3-5H,1-2H3. The first kappa shape index (κ1) is 8.87. The third kappa shape index (κ3) is 1.11. The molecule has 1 heterocycles. The number of fused-ring (bicyclic) bond motifs is 1. The van der Waals surface area contributed by atoms with E-state index in [1.807, 2.05) is 0 Å². The second kappa shape index (κ2) is 2.90. The fourth-order valence-corrected chi connectivity index (χ4v) is 1.52. The van der Waals surface area contributed by atoms with E-state index in [1.54, 1.807) is 24.7 Å². The first-order valence-electron chi connectivity index (χ1n) is 4.21. The van der Waals surface area contributed by atoms with E-state index in [0.717, 1.165) is 5.69 Å². The topological polar surface area (TPSA) is 34.9 Å². The Morgan fingerprint density at radius 3 is 2.86 bits per heavy atom. The summed E-state index contributed by atoms with van der Waals surface area (Å²) < 4.78 is 15.1. The third-order valence-corrected chi connectivity index (χ3v) is 2.33. The monoisotopic (exact) mass is 192 g/mol. The van der Waals surface area contributed by atoms with Crippen LogP contribution in [0.15, 0.2) is 12.1 Å². The van der Waals surface area contributed by atoms with Crippen molar-refractivity contribution in [2.45, 2.75) is 6.92 Å². The number of carbonyl (C=O) groups is 1. The summed E-state index contributed by atoms with van der Waals surface area (Å²) in [5, 5.41) is 4.58. The molecule has 1 aromatic heterocycles. The molecule has 0 aliphatic carbocycles. The van der Waals surface area contributed by atoms with Crippen LogP contribution in [0.1, 0.15) is 16.1 Å². The number of nitrogens with zero attached hydrogens (tertiary/aromatic N) is 2. The lowest BCUT2D eigenvalue weighted by Gasteiger charge is -1.95. The van der Waals surface area contributed by atoms with Crippen LogP contribution in [0, 0.1) is 12.7 Å². The van der Waals surface area contributed by atoms with Crippen LogP contribution in [0.4, 0.5) is 4.39 Å². The van der Waals surface area contributed by atoms with Gasteiger partial charge < -0.3 is 0 Å². The number of aromatic nitrogens is 2. The second-order valence-electron chi connectivity index (χ2n) is 3.22. The number of aldehydes is 1. The maximum atomic E-state index is 13.5. The maximum absolute atomic E-state index is 13.5. The molecule has 0 fully saturated rings. The van der Waals surface area contributed by atoms with Gasteiger partial charge in [0.1, 0.15) is 12.1 Å². The number of carbonyl (C=O) groups excluding carboxylic acids is 1. The van der Waals surface area contributed by atoms with Crippen LogP contribution in [0.3, 0.4) is 0 Å². The van der Waals surface area contributed by atoms with Gasteiger partial charge in [-0.25, -0.2) is 4.39 Å². The van der Waals surface area contributed by atoms with Crippen LogP contribution >= 0.6 is 0 Å². The Morgan fingerprint density at radius 2 is 2.21 bits per heavy atom. The smallest absolute Gasteiger partial charge is 0.150 e. The van der Waals surface area contributed by atoms with E-state index >= 15 is 0 Å². The number of hydrogen-bond donors (Lipinski definition) is 0. The summed E-state index contributed by atoms with van der Waals surface area (Å²) in [5.74, 6) is -0.393. The molecule has 4 heteroatoms. The Morgan fingerprint density at radius 1 is 1.50 bits per heavy atom. The molecule has 0 saturated heterocycles. The first-order chi connectivity index (χ1) is 6.63. The highest BCUT2D eigenvalue weighted by atomic mass is 19.1. The van der Waals surface area contributed by atoms with Gasteiger partial charge in [0, 0.05) is 18.3 Å². The van der Waals surface area contributed by atoms with Crippen molar-refractivity contribution in [3.8, 4) is 0 Å². The van der Waals surface area contributed by atoms with Crippen molar-refractivity contribution >= 4 is 17.2 Å². The van der Waals surface area contributed by atoms with E-state index < -0.39 is 5.82 Å². The Balaban J connectivity index is 2.89. The summed E-state index contributed by atoms with van der Waals surface area (Å²) in [5.41, 5.74) is 1.59. The molecule has 2 rings (SSSR count). The van der Waals surface area contributed by atoms with E-state index in [0.29, 0.717) is 22.8 Å². The minimum Gasteiger partial charge on any atom is -0.298 e. The van der Waals surface area contributed by atoms with Crippen molar-refractivity contribution < 1.29 is 9.18 Å². The minimum absolute atomic E-state index is 0.313. The predicted molar refractivity (Wildman–Crippen MR) is 50.8 cm³/mol. The lowest BCUT2D eigenvalue weighted by molar-refractivity contribution is 0.112. The zero-order chi connectivity index (χ0) is 10.3. The van der Waals surface area contributed by atoms with Gasteiger partial charge in [-0.2, -0.15) is 5.10 Å². The zero-order valence-corrected chi connectivity index (χ0v) is 7.91. The molecule has 2 aromatic rings. The highest BCUT2D eigenvalue weighted by molar-refractivity contribution is 5.88. The second-order valence-corrected chi connectivity index (χ2v) is 3.22. The van der Waals surface area contributed by atoms with Crippen LogP contribution in [0.25, 0.3) is 10.9 Å². The lowest BCUT2D eigenvalue weighted by atomic mass is 10.1. The molecule has 0 aliphatic rings. The summed E-state index contributed by atoms with van der Waals surface area (Å²) >= 11 is 0. The van der Waals surface area contributed by atoms with Crippen molar-refractivity contribution in [2.24, 2.45) is 7.05 Å². The minimum atomic E-state index is -0.393. The van der Waals surface area contributed by atoms with Gasteiger partial charge in [0.25, 0.3) is 0 Å². The molecule has 0 bridgehead atoms. The van der Waals surface area contributed by atoms with Gasteiger partial charge in [-0.3, -0.25) is 9.48 Å². The van der Waals surface area contributed by atoms with Gasteiger partial charge >= 0.3 is 0 Å². The average molecular weight is 192 g/mol. The summed E-state index contributed by atoms with van der Waals surface area (Å²) in [7, 11) is 1.75. The number of hydrogen-bond acceptors (Lipinski definition) is 2. The van der Waals surface area contributed by atoms with E-state index in [-0.39, 0.29) is 0 Å². The SMILES string of the molecule is Cc1c2c(F)cc(C=O)cc2nn1C. The van der Waals surface area contributed by atoms with Crippen molar-refractivity contribution in [3.05, 3.63) is 29.2 Å². The fraction of sp³-hybridized carbons (Fsp3) is 0.200. The van der Waals surface area contributed by atoms with Crippen molar-refractivity contribution in [1.29, 1.82) is 0 Å². The average Bonchev–Trinajstić information content (AvgIpc) is 2.43. The van der Waals surface area contributed by atoms with Gasteiger partial charge in [-0.15, -0.1) is 0 Å². The van der Waals surface area contributed by atoms with Crippen molar-refractivity contribution in [2.75, 3.05) is 0 Å². The van der Waals surface area contributed by atoms with Crippen molar-refractivity contribution in [1.82, 2.24) is 9.78 Å². The molecule has 0 N–H and O–H groups in total. The van der Waals surface area contributed by atoms with E-state index in [1.165, 1.54) is 6.07 Å². The zero-order valence-electron chi connectivity index (χ0n) is 7.91. The fourth-order valence-electron chi connectivity index (χ4n) is 1.52.